The van der Waals surface area contributed by atoms with Gasteiger partial charge in [-0.3, -0.25) is 14.5 Å². The first-order chi connectivity index (χ1) is 8.99. The molecule has 0 saturated carbocycles. The summed E-state index contributed by atoms with van der Waals surface area (Å²) in [4.78, 5) is 27.8. The van der Waals surface area contributed by atoms with E-state index in [0.717, 1.165) is 13.1 Å². The van der Waals surface area contributed by atoms with Crippen LogP contribution in [0.2, 0.25) is 0 Å². The lowest BCUT2D eigenvalue weighted by Crippen LogP contribution is -2.50. The molecule has 0 aromatic carbocycles. The average Bonchev–Trinajstić information content (AvgIpc) is 2.91. The second-order valence-corrected chi connectivity index (χ2v) is 5.63. The molecule has 0 radical (unpaired) electrons. The zero-order chi connectivity index (χ0) is 13.9. The second-order valence-electron chi connectivity index (χ2n) is 5.63. The zero-order valence-electron chi connectivity index (χ0n) is 11.5. The van der Waals surface area contributed by atoms with Crippen LogP contribution in [0.25, 0.3) is 0 Å². The molecule has 0 bridgehead atoms. The van der Waals surface area contributed by atoms with Crippen LogP contribution in [-0.4, -0.2) is 41.0 Å². The first-order valence-corrected chi connectivity index (χ1v) is 6.71. The third-order valence-electron chi connectivity index (χ3n) is 3.69. The fourth-order valence-electron chi connectivity index (χ4n) is 2.38. The molecule has 1 aliphatic heterocycles. The monoisotopic (exact) mass is 263 g/mol. The van der Waals surface area contributed by atoms with Gasteiger partial charge in [0, 0.05) is 24.3 Å². The van der Waals surface area contributed by atoms with E-state index in [0.29, 0.717) is 12.1 Å². The van der Waals surface area contributed by atoms with Crippen molar-refractivity contribution in [3.05, 3.63) is 34.2 Å². The van der Waals surface area contributed by atoms with Crippen LogP contribution in [0.1, 0.15) is 37.0 Å². The highest BCUT2D eigenvalue weighted by Crippen LogP contribution is 2.20. The van der Waals surface area contributed by atoms with Gasteiger partial charge in [0.1, 0.15) is 0 Å². The lowest BCUT2D eigenvalue weighted by Gasteiger charge is -2.35. The van der Waals surface area contributed by atoms with Gasteiger partial charge in [-0.1, -0.05) is 0 Å². The molecule has 104 valence electrons. The van der Waals surface area contributed by atoms with Gasteiger partial charge in [0.15, 0.2) is 0 Å². The molecule has 0 atom stereocenters. The molecule has 1 aromatic heterocycles. The fourth-order valence-corrected chi connectivity index (χ4v) is 2.38. The minimum atomic E-state index is -0.200. The van der Waals surface area contributed by atoms with E-state index < -0.39 is 0 Å². The van der Waals surface area contributed by atoms with Crippen molar-refractivity contribution in [3.63, 3.8) is 0 Å². The number of carbonyl (C=O) groups excluding carboxylic acids is 1. The number of carbonyl (C=O) groups is 1. The van der Waals surface area contributed by atoms with Crippen molar-refractivity contribution < 1.29 is 4.79 Å². The number of aromatic nitrogens is 1. The number of nitrogens with one attached hydrogen (secondary N) is 2. The number of aromatic amines is 1. The first kappa shape index (κ1) is 13.8. The van der Waals surface area contributed by atoms with Crippen LogP contribution in [0, 0.1) is 0 Å². The summed E-state index contributed by atoms with van der Waals surface area (Å²) in [5, 5.41) is 2.93. The molecular formula is C14H21N3O2. The largest absolute Gasteiger partial charge is 0.350 e. The number of pyridine rings is 1. The molecule has 5 nitrogen and oxygen atoms in total. The Morgan fingerprint density at radius 2 is 2.05 bits per heavy atom. The Hall–Kier alpha value is -1.62. The van der Waals surface area contributed by atoms with Crippen molar-refractivity contribution in [2.75, 3.05) is 19.6 Å². The fraction of sp³-hybridized carbons (Fsp3) is 0.571. The molecule has 0 aliphatic carbocycles. The maximum atomic E-state index is 12.0. The van der Waals surface area contributed by atoms with Gasteiger partial charge in [0.05, 0.1) is 5.56 Å². The Kier molecular flexibility index (Phi) is 4.04. The number of likely N-dealkylation sites (tertiary alicyclic amines) is 1. The third-order valence-corrected chi connectivity index (χ3v) is 3.69. The van der Waals surface area contributed by atoms with Crippen LogP contribution in [0.15, 0.2) is 23.1 Å². The molecule has 2 rings (SSSR count). The Labute approximate surface area is 113 Å². The van der Waals surface area contributed by atoms with Gasteiger partial charge >= 0.3 is 0 Å². The van der Waals surface area contributed by atoms with Crippen molar-refractivity contribution in [1.82, 2.24) is 15.2 Å². The minimum Gasteiger partial charge on any atom is -0.350 e. The summed E-state index contributed by atoms with van der Waals surface area (Å²) in [6, 6.07) is 2.90. The van der Waals surface area contributed by atoms with Crippen LogP contribution < -0.4 is 10.9 Å². The summed E-state index contributed by atoms with van der Waals surface area (Å²) in [5.74, 6) is -0.150. The molecule has 2 heterocycles. The summed E-state index contributed by atoms with van der Waals surface area (Å²) in [6.45, 7) is 7.09. The molecule has 1 aliphatic rings. The summed E-state index contributed by atoms with van der Waals surface area (Å²) in [5.41, 5.74) is 0.250. The summed E-state index contributed by atoms with van der Waals surface area (Å²) >= 11 is 0. The van der Waals surface area contributed by atoms with Gasteiger partial charge in [0.2, 0.25) is 5.56 Å². The third kappa shape index (κ3) is 3.44. The molecule has 5 heteroatoms. The molecule has 0 unspecified atom stereocenters. The predicted molar refractivity (Wildman–Crippen MR) is 74.3 cm³/mol. The number of rotatable bonds is 4. The minimum absolute atomic E-state index is 0.0334. The standard InChI is InChI=1S/C14H21N3O2/c1-14(2,17-7-3-4-8-17)10-16-13(19)11-5-6-12(18)15-9-11/h5-6,9H,3-4,7-8,10H2,1-2H3,(H,15,18)(H,16,19). The highest BCUT2D eigenvalue weighted by Gasteiger charge is 2.29. The second kappa shape index (κ2) is 5.57. The summed E-state index contributed by atoms with van der Waals surface area (Å²) in [6.07, 6.45) is 3.91. The first-order valence-electron chi connectivity index (χ1n) is 6.71. The highest BCUT2D eigenvalue weighted by molar-refractivity contribution is 5.93. The van der Waals surface area contributed by atoms with Crippen LogP contribution in [0.5, 0.6) is 0 Å². The number of nitrogens with zero attached hydrogens (tertiary/aromatic N) is 1. The highest BCUT2D eigenvalue weighted by atomic mass is 16.1. The van der Waals surface area contributed by atoms with E-state index >= 15 is 0 Å². The van der Waals surface area contributed by atoms with E-state index in [1.165, 1.54) is 31.2 Å². The van der Waals surface area contributed by atoms with E-state index in [4.69, 9.17) is 0 Å². The van der Waals surface area contributed by atoms with Gasteiger partial charge in [0.25, 0.3) is 5.91 Å². The molecule has 1 aromatic rings. The normalized spacial score (nSPS) is 16.5. The smallest absolute Gasteiger partial charge is 0.252 e. The SMILES string of the molecule is CC(C)(CNC(=O)c1ccc(=O)[nH]c1)N1CCCC1. The number of hydrogen-bond acceptors (Lipinski definition) is 3. The maximum absolute atomic E-state index is 12.0. The Morgan fingerprint density at radius 3 is 2.63 bits per heavy atom. The van der Waals surface area contributed by atoms with Crippen molar-refractivity contribution in [3.8, 4) is 0 Å². The van der Waals surface area contributed by atoms with Crippen LogP contribution in [0.3, 0.4) is 0 Å². The van der Waals surface area contributed by atoms with Crippen LogP contribution in [-0.2, 0) is 0 Å². The van der Waals surface area contributed by atoms with Gasteiger partial charge < -0.3 is 10.3 Å². The molecule has 1 fully saturated rings. The van der Waals surface area contributed by atoms with Gasteiger partial charge in [-0.05, 0) is 45.8 Å². The lowest BCUT2D eigenvalue weighted by atomic mass is 10.0. The van der Waals surface area contributed by atoms with E-state index in [1.807, 2.05) is 0 Å². The number of H-pyrrole nitrogens is 1. The van der Waals surface area contributed by atoms with Crippen LogP contribution >= 0.6 is 0 Å². The summed E-state index contributed by atoms with van der Waals surface area (Å²) in [7, 11) is 0. The topological polar surface area (TPSA) is 65.2 Å². The Bertz CT molecular complexity index is 481. The van der Waals surface area contributed by atoms with Crippen LogP contribution in [0.4, 0.5) is 0 Å². The van der Waals surface area contributed by atoms with Gasteiger partial charge in [-0.15, -0.1) is 0 Å². The average molecular weight is 263 g/mol. The van der Waals surface area contributed by atoms with Gasteiger partial charge in [-0.2, -0.15) is 0 Å². The molecular weight excluding hydrogens is 242 g/mol. The maximum Gasteiger partial charge on any atom is 0.252 e. The summed E-state index contributed by atoms with van der Waals surface area (Å²) < 4.78 is 0. The molecule has 2 N–H and O–H groups in total. The van der Waals surface area contributed by atoms with Crippen molar-refractivity contribution in [2.45, 2.75) is 32.2 Å². The van der Waals surface area contributed by atoms with E-state index in [-0.39, 0.29) is 17.0 Å². The van der Waals surface area contributed by atoms with Crippen molar-refractivity contribution in [1.29, 1.82) is 0 Å². The molecule has 19 heavy (non-hydrogen) atoms. The zero-order valence-corrected chi connectivity index (χ0v) is 11.5. The Morgan fingerprint density at radius 1 is 1.37 bits per heavy atom. The number of amides is 1. The van der Waals surface area contributed by atoms with E-state index in [1.54, 1.807) is 0 Å². The predicted octanol–water partition coefficient (Wildman–Crippen LogP) is 0.979. The van der Waals surface area contributed by atoms with E-state index in [2.05, 4.69) is 29.0 Å². The molecule has 1 saturated heterocycles. The van der Waals surface area contributed by atoms with Crippen molar-refractivity contribution >= 4 is 5.91 Å². The Balaban J connectivity index is 1.92. The molecule has 1 amide bonds. The molecule has 0 spiro atoms. The lowest BCUT2D eigenvalue weighted by molar-refractivity contribution is 0.0901. The van der Waals surface area contributed by atoms with Gasteiger partial charge in [-0.25, -0.2) is 0 Å². The number of hydrogen-bond donors (Lipinski definition) is 2. The van der Waals surface area contributed by atoms with E-state index in [9.17, 15) is 9.59 Å². The quantitative estimate of drug-likeness (QED) is 0.851. The van der Waals surface area contributed by atoms with Crippen molar-refractivity contribution in [2.24, 2.45) is 0 Å².